The van der Waals surface area contributed by atoms with Gasteiger partial charge in [-0.3, -0.25) is 9.79 Å². The first kappa shape index (κ1) is 26.5. The van der Waals surface area contributed by atoms with Crippen molar-refractivity contribution in [3.05, 3.63) is 53.6 Å². The van der Waals surface area contributed by atoms with E-state index in [1.807, 2.05) is 68.1 Å². The number of benzene rings is 2. The summed E-state index contributed by atoms with van der Waals surface area (Å²) in [5, 5.41) is 6.53. The number of ether oxygens (including phenoxy) is 2. The molecule has 0 aromatic heterocycles. The van der Waals surface area contributed by atoms with E-state index in [4.69, 9.17) is 9.47 Å². The minimum absolute atomic E-state index is 0. The van der Waals surface area contributed by atoms with E-state index in [1.54, 1.807) is 14.2 Å². The maximum absolute atomic E-state index is 12.4. The minimum Gasteiger partial charge on any atom is -0.493 e. The van der Waals surface area contributed by atoms with E-state index in [0.29, 0.717) is 49.3 Å². The average molecular weight is 540 g/mol. The van der Waals surface area contributed by atoms with Crippen molar-refractivity contribution in [1.82, 2.24) is 10.2 Å². The second kappa shape index (κ2) is 13.7. The van der Waals surface area contributed by atoms with E-state index in [0.717, 1.165) is 11.3 Å². The minimum atomic E-state index is 0. The Hall–Kier alpha value is -2.49. The molecular formula is C23H33IN4O3. The van der Waals surface area contributed by atoms with Gasteiger partial charge >= 0.3 is 0 Å². The first-order valence-corrected chi connectivity index (χ1v) is 10.2. The first-order chi connectivity index (χ1) is 14.6. The maximum atomic E-state index is 12.4. The van der Waals surface area contributed by atoms with Crippen LogP contribution >= 0.6 is 24.0 Å². The predicted octanol–water partition coefficient (Wildman–Crippen LogP) is 4.38. The summed E-state index contributed by atoms with van der Waals surface area (Å²) >= 11 is 0. The van der Waals surface area contributed by atoms with Crippen LogP contribution in [0.15, 0.2) is 47.5 Å². The highest BCUT2D eigenvalue weighted by Crippen LogP contribution is 2.30. The van der Waals surface area contributed by atoms with Gasteiger partial charge in [0.05, 0.1) is 13.7 Å². The van der Waals surface area contributed by atoms with Crippen LogP contribution in [0, 0.1) is 0 Å². The summed E-state index contributed by atoms with van der Waals surface area (Å²) in [5.41, 5.74) is 2.60. The molecule has 0 saturated carbocycles. The topological polar surface area (TPSA) is 75.2 Å². The van der Waals surface area contributed by atoms with Crippen molar-refractivity contribution in [3.63, 3.8) is 0 Å². The normalized spacial score (nSPS) is 10.7. The molecule has 170 valence electrons. The molecule has 31 heavy (non-hydrogen) atoms. The lowest BCUT2D eigenvalue weighted by Gasteiger charge is -2.18. The third kappa shape index (κ3) is 7.61. The summed E-state index contributed by atoms with van der Waals surface area (Å²) in [4.78, 5) is 18.5. The molecule has 2 rings (SSSR count). The number of carbonyl (C=O) groups is 1. The van der Waals surface area contributed by atoms with Crippen LogP contribution in [0.25, 0.3) is 0 Å². The fraction of sp³-hybridized carbons (Fsp3) is 0.391. The molecule has 0 saturated heterocycles. The van der Waals surface area contributed by atoms with Crippen LogP contribution in [0.2, 0.25) is 0 Å². The number of hydrogen-bond donors (Lipinski definition) is 2. The largest absolute Gasteiger partial charge is 0.493 e. The molecule has 0 atom stereocenters. The summed E-state index contributed by atoms with van der Waals surface area (Å²) in [7, 11) is 3.33. The Morgan fingerprint density at radius 2 is 1.71 bits per heavy atom. The van der Waals surface area contributed by atoms with E-state index in [-0.39, 0.29) is 29.9 Å². The fourth-order valence-corrected chi connectivity index (χ4v) is 2.98. The molecule has 0 spiro atoms. The molecule has 0 heterocycles. The van der Waals surface area contributed by atoms with Crippen molar-refractivity contribution < 1.29 is 14.3 Å². The van der Waals surface area contributed by atoms with Gasteiger partial charge in [0.15, 0.2) is 17.5 Å². The number of aliphatic imine (C=N–C) groups is 1. The number of guanidine groups is 1. The number of anilines is 1. The van der Waals surface area contributed by atoms with Crippen LogP contribution in [0.1, 0.15) is 36.7 Å². The van der Waals surface area contributed by atoms with E-state index >= 15 is 0 Å². The van der Waals surface area contributed by atoms with Gasteiger partial charge in [-0.15, -0.1) is 24.0 Å². The molecule has 1 amide bonds. The smallest absolute Gasteiger partial charge is 0.253 e. The van der Waals surface area contributed by atoms with Crippen LogP contribution < -0.4 is 20.1 Å². The van der Waals surface area contributed by atoms with Gasteiger partial charge < -0.3 is 25.0 Å². The Kier molecular flexibility index (Phi) is 11.8. The number of nitrogens with one attached hydrogen (secondary N) is 2. The number of amides is 1. The second-order valence-corrected chi connectivity index (χ2v) is 6.52. The number of rotatable bonds is 9. The van der Waals surface area contributed by atoms with E-state index in [2.05, 4.69) is 15.6 Å². The zero-order valence-corrected chi connectivity index (χ0v) is 21.2. The Morgan fingerprint density at radius 1 is 1.03 bits per heavy atom. The summed E-state index contributed by atoms with van der Waals surface area (Å²) in [5.74, 6) is 2.05. The zero-order chi connectivity index (χ0) is 21.9. The quantitative estimate of drug-likeness (QED) is 0.281. The van der Waals surface area contributed by atoms with Crippen LogP contribution in [0.4, 0.5) is 5.69 Å². The van der Waals surface area contributed by atoms with Gasteiger partial charge in [0, 0.05) is 44.0 Å². The van der Waals surface area contributed by atoms with Crippen LogP contribution in [0.3, 0.4) is 0 Å². The summed E-state index contributed by atoms with van der Waals surface area (Å²) < 4.78 is 10.9. The van der Waals surface area contributed by atoms with E-state index in [9.17, 15) is 4.79 Å². The van der Waals surface area contributed by atoms with Crippen molar-refractivity contribution >= 4 is 41.5 Å². The molecule has 0 aliphatic heterocycles. The van der Waals surface area contributed by atoms with Crippen molar-refractivity contribution in [2.75, 3.05) is 39.2 Å². The van der Waals surface area contributed by atoms with Crippen LogP contribution in [0.5, 0.6) is 11.5 Å². The van der Waals surface area contributed by atoms with Crippen LogP contribution in [-0.4, -0.2) is 50.6 Å². The molecule has 2 aromatic carbocycles. The average Bonchev–Trinajstić information content (AvgIpc) is 2.78. The number of methoxy groups -OCH3 is 1. The highest BCUT2D eigenvalue weighted by molar-refractivity contribution is 14.0. The monoisotopic (exact) mass is 540 g/mol. The number of halogens is 1. The maximum Gasteiger partial charge on any atom is 0.253 e. The van der Waals surface area contributed by atoms with Gasteiger partial charge in [0.1, 0.15) is 0 Å². The van der Waals surface area contributed by atoms with Gasteiger partial charge in [-0.05, 0) is 50.6 Å². The molecule has 2 N–H and O–H groups in total. The molecule has 0 fully saturated rings. The van der Waals surface area contributed by atoms with Crippen molar-refractivity contribution in [2.45, 2.75) is 27.3 Å². The molecule has 7 nitrogen and oxygen atoms in total. The van der Waals surface area contributed by atoms with Gasteiger partial charge in [-0.2, -0.15) is 0 Å². The summed E-state index contributed by atoms with van der Waals surface area (Å²) in [6.45, 7) is 8.44. The lowest BCUT2D eigenvalue weighted by Crippen LogP contribution is -2.31. The second-order valence-electron chi connectivity index (χ2n) is 6.52. The SMILES string of the molecule is CCOc1cc(NC(=NC)NCc2ccc(C(=O)N(CC)CC)cc2)ccc1OC.I. The van der Waals surface area contributed by atoms with E-state index in [1.165, 1.54) is 0 Å². The number of nitrogens with zero attached hydrogens (tertiary/aromatic N) is 2. The number of hydrogen-bond acceptors (Lipinski definition) is 4. The molecular weight excluding hydrogens is 507 g/mol. The number of carbonyl (C=O) groups excluding carboxylic acids is 1. The Labute approximate surface area is 202 Å². The summed E-state index contributed by atoms with van der Waals surface area (Å²) in [6.07, 6.45) is 0. The molecule has 2 aromatic rings. The highest BCUT2D eigenvalue weighted by atomic mass is 127. The van der Waals surface area contributed by atoms with Gasteiger partial charge in [-0.1, -0.05) is 12.1 Å². The third-order valence-electron chi connectivity index (χ3n) is 4.66. The third-order valence-corrected chi connectivity index (χ3v) is 4.66. The van der Waals surface area contributed by atoms with E-state index < -0.39 is 0 Å². The lowest BCUT2D eigenvalue weighted by molar-refractivity contribution is 0.0773. The van der Waals surface area contributed by atoms with Crippen molar-refractivity contribution in [2.24, 2.45) is 4.99 Å². The first-order valence-electron chi connectivity index (χ1n) is 10.2. The molecule has 0 unspecified atom stereocenters. The van der Waals surface area contributed by atoms with Crippen LogP contribution in [-0.2, 0) is 6.54 Å². The van der Waals surface area contributed by atoms with Crippen molar-refractivity contribution in [1.29, 1.82) is 0 Å². The molecule has 0 radical (unpaired) electrons. The highest BCUT2D eigenvalue weighted by Gasteiger charge is 2.12. The summed E-state index contributed by atoms with van der Waals surface area (Å²) in [6, 6.07) is 13.3. The Balaban J connectivity index is 0.00000480. The van der Waals surface area contributed by atoms with Gasteiger partial charge in [-0.25, -0.2) is 0 Å². The molecule has 0 bridgehead atoms. The Morgan fingerprint density at radius 3 is 2.26 bits per heavy atom. The lowest BCUT2D eigenvalue weighted by atomic mass is 10.1. The zero-order valence-electron chi connectivity index (χ0n) is 18.9. The van der Waals surface area contributed by atoms with Crippen molar-refractivity contribution in [3.8, 4) is 11.5 Å². The van der Waals surface area contributed by atoms with Gasteiger partial charge in [0.2, 0.25) is 0 Å². The fourth-order valence-electron chi connectivity index (χ4n) is 2.98. The van der Waals surface area contributed by atoms with Gasteiger partial charge in [0.25, 0.3) is 5.91 Å². The molecule has 0 aliphatic rings. The predicted molar refractivity (Wildman–Crippen MR) is 137 cm³/mol. The molecule has 8 heteroatoms. The Bertz CT molecular complexity index is 852. The molecule has 0 aliphatic carbocycles. The standard InChI is InChI=1S/C23H32N4O3.HI/c1-6-27(7-2)22(28)18-11-9-17(10-12-18)16-25-23(24-4)26-19-13-14-20(29-5)21(15-19)30-8-3;/h9-15H,6-8,16H2,1-5H3,(H2,24,25,26);1H.